The van der Waals surface area contributed by atoms with Crippen LogP contribution in [-0.4, -0.2) is 30.1 Å². The minimum absolute atomic E-state index is 0.137. The van der Waals surface area contributed by atoms with Gasteiger partial charge < -0.3 is 19.9 Å². The Hall–Kier alpha value is -4.12. The number of hydrogen-bond donors (Lipinski definition) is 2. The van der Waals surface area contributed by atoms with Crippen molar-refractivity contribution in [2.45, 2.75) is 20.5 Å². The van der Waals surface area contributed by atoms with E-state index in [0.29, 0.717) is 39.6 Å². The van der Waals surface area contributed by atoms with E-state index in [1.165, 1.54) is 14.2 Å². The lowest BCUT2D eigenvalue weighted by atomic mass is 9.98. The van der Waals surface area contributed by atoms with Crippen LogP contribution in [0.25, 0.3) is 0 Å². The Bertz CT molecular complexity index is 1160. The summed E-state index contributed by atoms with van der Waals surface area (Å²) in [6.07, 6.45) is 1.68. The molecule has 3 aromatic rings. The van der Waals surface area contributed by atoms with Crippen LogP contribution in [0.5, 0.6) is 17.2 Å². The van der Waals surface area contributed by atoms with Crippen molar-refractivity contribution in [3.05, 3.63) is 70.0 Å². The number of nitriles is 1. The summed E-state index contributed by atoms with van der Waals surface area (Å²) in [5, 5.41) is 26.0. The van der Waals surface area contributed by atoms with Gasteiger partial charge in [-0.15, -0.1) is 0 Å². The van der Waals surface area contributed by atoms with Crippen molar-refractivity contribution in [2.75, 3.05) is 20.0 Å². The van der Waals surface area contributed by atoms with Crippen molar-refractivity contribution in [3.63, 3.8) is 0 Å². The van der Waals surface area contributed by atoms with Gasteiger partial charge in [-0.3, -0.25) is 5.41 Å². The minimum atomic E-state index is 0.137. The van der Waals surface area contributed by atoms with Crippen LogP contribution in [0.1, 0.15) is 33.5 Å². The second kappa shape index (κ2) is 9.13. The van der Waals surface area contributed by atoms with E-state index in [1.54, 1.807) is 36.5 Å². The molecule has 0 bridgehead atoms. The van der Waals surface area contributed by atoms with Crippen LogP contribution in [0.4, 0.5) is 5.69 Å². The van der Waals surface area contributed by atoms with Crippen molar-refractivity contribution in [2.24, 2.45) is 0 Å². The fourth-order valence-corrected chi connectivity index (χ4v) is 3.14. The summed E-state index contributed by atoms with van der Waals surface area (Å²) in [6.45, 7) is 4.07. The molecule has 158 valence electrons. The number of nitrogens with zero attached hydrogens (tertiary/aromatic N) is 3. The number of ether oxygens (including phenoxy) is 3. The van der Waals surface area contributed by atoms with Gasteiger partial charge in [0.2, 0.25) is 0 Å². The van der Waals surface area contributed by atoms with E-state index in [1.807, 2.05) is 13.8 Å². The molecule has 1 heterocycles. The molecule has 0 saturated heterocycles. The number of benzene rings is 2. The third-order valence-electron chi connectivity index (χ3n) is 4.91. The average Bonchev–Trinajstić information content (AvgIpc) is 2.78. The molecule has 31 heavy (non-hydrogen) atoms. The highest BCUT2D eigenvalue weighted by atomic mass is 16.5. The second-order valence-corrected chi connectivity index (χ2v) is 6.91. The van der Waals surface area contributed by atoms with Gasteiger partial charge in [0, 0.05) is 28.4 Å². The number of nitrogens with two attached hydrogens (primary N) is 1. The molecule has 8 heteroatoms. The van der Waals surface area contributed by atoms with E-state index in [-0.39, 0.29) is 12.3 Å². The molecular formula is C23H23N5O3. The maximum atomic E-state index is 9.28. The Morgan fingerprint density at radius 3 is 2.52 bits per heavy atom. The van der Waals surface area contributed by atoms with Gasteiger partial charge in [-0.2, -0.15) is 15.5 Å². The van der Waals surface area contributed by atoms with Crippen molar-refractivity contribution < 1.29 is 14.2 Å². The number of aromatic nitrogens is 2. The molecule has 0 spiro atoms. The van der Waals surface area contributed by atoms with Crippen LogP contribution in [0, 0.1) is 30.6 Å². The number of nitrogens with one attached hydrogen (secondary N) is 1. The van der Waals surface area contributed by atoms with Gasteiger partial charge >= 0.3 is 0 Å². The van der Waals surface area contributed by atoms with Crippen molar-refractivity contribution >= 4 is 11.4 Å². The van der Waals surface area contributed by atoms with Crippen LogP contribution < -0.4 is 19.9 Å². The molecule has 0 atom stereocenters. The smallest absolute Gasteiger partial charge is 0.162 e. The summed E-state index contributed by atoms with van der Waals surface area (Å²) in [5.74, 6) is 1.38. The first-order valence-electron chi connectivity index (χ1n) is 9.44. The minimum Gasteiger partial charge on any atom is -0.497 e. The zero-order chi connectivity index (χ0) is 22.5. The summed E-state index contributed by atoms with van der Waals surface area (Å²) < 4.78 is 16.7. The standard InChI is InChI=1S/C23H23N5O3/c1-13-11-27-28-14(2)19(13)12-31-22-8-18(20(25)9-21(22)30-4)23(26)16-5-15(10-24)6-17(7-16)29-3/h5-9,11,26H,12,25H2,1-4H3. The summed E-state index contributed by atoms with van der Waals surface area (Å²) in [5.41, 5.74) is 10.7. The van der Waals surface area contributed by atoms with Gasteiger partial charge in [0.15, 0.2) is 11.5 Å². The lowest BCUT2D eigenvalue weighted by molar-refractivity contribution is 0.282. The summed E-state index contributed by atoms with van der Waals surface area (Å²) >= 11 is 0. The first-order valence-corrected chi connectivity index (χ1v) is 9.44. The molecule has 0 saturated carbocycles. The molecule has 0 aliphatic rings. The van der Waals surface area contributed by atoms with Crippen molar-refractivity contribution in [3.8, 4) is 23.3 Å². The van der Waals surface area contributed by atoms with Crippen LogP contribution in [0.3, 0.4) is 0 Å². The number of anilines is 1. The van der Waals surface area contributed by atoms with Gasteiger partial charge in [0.1, 0.15) is 12.4 Å². The lowest BCUT2D eigenvalue weighted by Crippen LogP contribution is -2.09. The SMILES string of the molecule is COc1cc(C#N)cc(C(=N)c2cc(OCc3c(C)cnnc3C)c(OC)cc2N)c1. The van der Waals surface area contributed by atoms with Gasteiger partial charge in [-0.25, -0.2) is 0 Å². The molecule has 0 radical (unpaired) electrons. The van der Waals surface area contributed by atoms with E-state index < -0.39 is 0 Å². The van der Waals surface area contributed by atoms with Crippen molar-refractivity contribution in [1.82, 2.24) is 10.2 Å². The molecule has 1 aromatic heterocycles. The zero-order valence-electron chi connectivity index (χ0n) is 17.8. The second-order valence-electron chi connectivity index (χ2n) is 6.91. The highest BCUT2D eigenvalue weighted by Gasteiger charge is 2.17. The number of nitrogen functional groups attached to an aromatic ring is 1. The van der Waals surface area contributed by atoms with E-state index in [4.69, 9.17) is 25.4 Å². The number of rotatable bonds is 7. The van der Waals surface area contributed by atoms with Gasteiger partial charge in [0.25, 0.3) is 0 Å². The molecule has 2 aromatic carbocycles. The lowest BCUT2D eigenvalue weighted by Gasteiger charge is -2.16. The quantitative estimate of drug-likeness (QED) is 0.444. The Morgan fingerprint density at radius 2 is 1.87 bits per heavy atom. The number of methoxy groups -OCH3 is 2. The summed E-state index contributed by atoms with van der Waals surface area (Å²) in [7, 11) is 3.04. The Balaban J connectivity index is 1.99. The molecule has 8 nitrogen and oxygen atoms in total. The van der Waals surface area contributed by atoms with Crippen molar-refractivity contribution in [1.29, 1.82) is 10.7 Å². The largest absolute Gasteiger partial charge is 0.497 e. The topological polar surface area (TPSA) is 127 Å². The van der Waals surface area contributed by atoms with Gasteiger partial charge in [0.05, 0.1) is 43.5 Å². The molecule has 0 fully saturated rings. The predicted molar refractivity (Wildman–Crippen MR) is 117 cm³/mol. The van der Waals surface area contributed by atoms with Crippen LogP contribution in [0.15, 0.2) is 36.5 Å². The molecular weight excluding hydrogens is 394 g/mol. The average molecular weight is 417 g/mol. The van der Waals surface area contributed by atoms with E-state index in [2.05, 4.69) is 16.3 Å². The van der Waals surface area contributed by atoms with Crippen LogP contribution in [-0.2, 0) is 6.61 Å². The van der Waals surface area contributed by atoms with Crippen LogP contribution in [0.2, 0.25) is 0 Å². The monoisotopic (exact) mass is 417 g/mol. The highest BCUT2D eigenvalue weighted by Crippen LogP contribution is 2.34. The van der Waals surface area contributed by atoms with Crippen LogP contribution >= 0.6 is 0 Å². The molecule has 0 unspecified atom stereocenters. The fourth-order valence-electron chi connectivity index (χ4n) is 3.14. The number of aryl methyl sites for hydroxylation is 2. The fraction of sp³-hybridized carbons (Fsp3) is 0.217. The summed E-state index contributed by atoms with van der Waals surface area (Å²) in [4.78, 5) is 0. The maximum Gasteiger partial charge on any atom is 0.162 e. The third kappa shape index (κ3) is 4.56. The molecule has 3 rings (SSSR count). The Kier molecular flexibility index (Phi) is 6.36. The number of hydrogen-bond acceptors (Lipinski definition) is 8. The first-order chi connectivity index (χ1) is 14.9. The van der Waals surface area contributed by atoms with E-state index >= 15 is 0 Å². The van der Waals surface area contributed by atoms with E-state index in [0.717, 1.165) is 16.8 Å². The third-order valence-corrected chi connectivity index (χ3v) is 4.91. The maximum absolute atomic E-state index is 9.28. The highest BCUT2D eigenvalue weighted by molar-refractivity contribution is 6.14. The first kappa shape index (κ1) is 21.6. The zero-order valence-corrected chi connectivity index (χ0v) is 17.8. The molecule has 0 aliphatic carbocycles. The van der Waals surface area contributed by atoms with Gasteiger partial charge in [-0.05, 0) is 43.7 Å². The molecule has 3 N–H and O–H groups in total. The summed E-state index contributed by atoms with van der Waals surface area (Å²) in [6, 6.07) is 10.3. The predicted octanol–water partition coefficient (Wildman–Crippen LogP) is 3.56. The Morgan fingerprint density at radius 1 is 1.10 bits per heavy atom. The molecule has 0 aliphatic heterocycles. The Labute approximate surface area is 180 Å². The van der Waals surface area contributed by atoms with E-state index in [9.17, 15) is 5.26 Å². The van der Waals surface area contributed by atoms with Gasteiger partial charge in [-0.1, -0.05) is 0 Å². The molecule has 0 amide bonds. The normalized spacial score (nSPS) is 10.3.